The summed E-state index contributed by atoms with van der Waals surface area (Å²) in [6.45, 7) is 11.9. The Kier molecular flexibility index (Phi) is 3.78. The van der Waals surface area contributed by atoms with Gasteiger partial charge in [0.1, 0.15) is 0 Å². The standard InChI is InChI=1S/C14H23N3S/c1-6-7-14(4,5)15-8-12-11(3)16-13-17(12)10(2)9-18-13/h9,15H,6-8H2,1-5H3. The number of nitrogens with zero attached hydrogens (tertiary/aromatic N) is 2. The third-order valence-corrected chi connectivity index (χ3v) is 4.38. The molecule has 4 heteroatoms. The summed E-state index contributed by atoms with van der Waals surface area (Å²) >= 11 is 1.72. The Morgan fingerprint density at radius 1 is 1.39 bits per heavy atom. The number of thiazole rings is 1. The molecule has 0 atom stereocenters. The van der Waals surface area contributed by atoms with Crippen LogP contribution in [0.1, 0.15) is 50.7 Å². The van der Waals surface area contributed by atoms with Gasteiger partial charge in [-0.15, -0.1) is 11.3 Å². The number of hydrogen-bond acceptors (Lipinski definition) is 3. The van der Waals surface area contributed by atoms with Crippen molar-refractivity contribution in [2.45, 2.75) is 59.5 Å². The second-order valence-corrected chi connectivity index (χ2v) is 6.46. The molecule has 0 spiro atoms. The quantitative estimate of drug-likeness (QED) is 0.893. The van der Waals surface area contributed by atoms with Crippen LogP contribution in [0.3, 0.4) is 0 Å². The van der Waals surface area contributed by atoms with E-state index in [2.05, 4.69) is 54.7 Å². The third-order valence-electron chi connectivity index (χ3n) is 3.44. The minimum atomic E-state index is 0.190. The van der Waals surface area contributed by atoms with E-state index < -0.39 is 0 Å². The van der Waals surface area contributed by atoms with E-state index in [0.717, 1.165) is 17.2 Å². The van der Waals surface area contributed by atoms with E-state index in [1.54, 1.807) is 11.3 Å². The van der Waals surface area contributed by atoms with Gasteiger partial charge in [-0.3, -0.25) is 4.40 Å². The van der Waals surface area contributed by atoms with Gasteiger partial charge in [-0.05, 0) is 34.1 Å². The summed E-state index contributed by atoms with van der Waals surface area (Å²) < 4.78 is 2.27. The first-order valence-electron chi connectivity index (χ1n) is 6.61. The average Bonchev–Trinajstić information content (AvgIpc) is 2.76. The van der Waals surface area contributed by atoms with Gasteiger partial charge in [0.2, 0.25) is 0 Å². The number of aryl methyl sites for hydroxylation is 2. The van der Waals surface area contributed by atoms with E-state index in [-0.39, 0.29) is 5.54 Å². The molecular weight excluding hydrogens is 242 g/mol. The molecule has 0 aliphatic carbocycles. The molecule has 3 nitrogen and oxygen atoms in total. The second kappa shape index (κ2) is 5.02. The summed E-state index contributed by atoms with van der Waals surface area (Å²) in [5.74, 6) is 0. The zero-order valence-corrected chi connectivity index (χ0v) is 12.8. The highest BCUT2D eigenvalue weighted by Crippen LogP contribution is 2.21. The lowest BCUT2D eigenvalue weighted by Crippen LogP contribution is -2.38. The molecular formula is C14H23N3S. The van der Waals surface area contributed by atoms with E-state index in [0.29, 0.717) is 0 Å². The molecule has 1 N–H and O–H groups in total. The van der Waals surface area contributed by atoms with Gasteiger partial charge in [-0.2, -0.15) is 0 Å². The molecule has 18 heavy (non-hydrogen) atoms. The van der Waals surface area contributed by atoms with Gasteiger partial charge in [0, 0.05) is 23.2 Å². The van der Waals surface area contributed by atoms with Crippen LogP contribution in [0.4, 0.5) is 0 Å². The van der Waals surface area contributed by atoms with E-state index >= 15 is 0 Å². The number of hydrogen-bond donors (Lipinski definition) is 1. The minimum absolute atomic E-state index is 0.190. The van der Waals surface area contributed by atoms with Gasteiger partial charge in [0.25, 0.3) is 0 Å². The topological polar surface area (TPSA) is 29.3 Å². The van der Waals surface area contributed by atoms with Gasteiger partial charge in [0.05, 0.1) is 11.4 Å². The van der Waals surface area contributed by atoms with Crippen molar-refractivity contribution in [1.82, 2.24) is 14.7 Å². The maximum absolute atomic E-state index is 4.62. The predicted octanol–water partition coefficient (Wildman–Crippen LogP) is 3.68. The van der Waals surface area contributed by atoms with Crippen LogP contribution in [0.25, 0.3) is 4.96 Å². The average molecular weight is 265 g/mol. The summed E-state index contributed by atoms with van der Waals surface area (Å²) in [7, 11) is 0. The Hall–Kier alpha value is -0.870. The van der Waals surface area contributed by atoms with Crippen molar-refractivity contribution < 1.29 is 0 Å². The normalized spacial score (nSPS) is 12.5. The Morgan fingerprint density at radius 2 is 2.11 bits per heavy atom. The first-order valence-corrected chi connectivity index (χ1v) is 7.49. The van der Waals surface area contributed by atoms with Gasteiger partial charge < -0.3 is 5.32 Å². The van der Waals surface area contributed by atoms with E-state index in [1.165, 1.54) is 24.2 Å². The molecule has 100 valence electrons. The smallest absolute Gasteiger partial charge is 0.194 e. The fourth-order valence-electron chi connectivity index (χ4n) is 2.41. The monoisotopic (exact) mass is 265 g/mol. The van der Waals surface area contributed by atoms with Crippen LogP contribution < -0.4 is 5.32 Å². The van der Waals surface area contributed by atoms with Crippen molar-refractivity contribution in [2.24, 2.45) is 0 Å². The van der Waals surface area contributed by atoms with Crippen LogP contribution in [-0.2, 0) is 6.54 Å². The molecule has 0 saturated heterocycles. The molecule has 0 aromatic carbocycles. The summed E-state index contributed by atoms with van der Waals surface area (Å²) in [6.07, 6.45) is 2.40. The molecule has 0 amide bonds. The Labute approximate surface area is 113 Å². The number of imidazole rings is 1. The lowest BCUT2D eigenvalue weighted by molar-refractivity contribution is 0.354. The summed E-state index contributed by atoms with van der Waals surface area (Å²) in [6, 6.07) is 0. The van der Waals surface area contributed by atoms with E-state index in [4.69, 9.17) is 0 Å². The van der Waals surface area contributed by atoms with Crippen LogP contribution >= 0.6 is 11.3 Å². The second-order valence-electron chi connectivity index (χ2n) is 5.63. The molecule has 2 rings (SSSR count). The largest absolute Gasteiger partial charge is 0.306 e. The van der Waals surface area contributed by atoms with Crippen molar-refractivity contribution >= 4 is 16.3 Å². The molecule has 0 fully saturated rings. The molecule has 0 radical (unpaired) electrons. The van der Waals surface area contributed by atoms with Crippen molar-refractivity contribution in [3.8, 4) is 0 Å². The van der Waals surface area contributed by atoms with Crippen molar-refractivity contribution in [3.63, 3.8) is 0 Å². The highest BCUT2D eigenvalue weighted by Gasteiger charge is 2.18. The lowest BCUT2D eigenvalue weighted by atomic mass is 9.99. The highest BCUT2D eigenvalue weighted by molar-refractivity contribution is 7.15. The number of rotatable bonds is 5. The molecule has 0 aliphatic heterocycles. The molecule has 0 aliphatic rings. The Balaban J connectivity index is 2.21. The van der Waals surface area contributed by atoms with Gasteiger partial charge >= 0.3 is 0 Å². The SMILES string of the molecule is CCCC(C)(C)NCc1c(C)nc2scc(C)n12. The van der Waals surface area contributed by atoms with Crippen molar-refractivity contribution in [2.75, 3.05) is 0 Å². The zero-order valence-electron chi connectivity index (χ0n) is 12.0. The highest BCUT2D eigenvalue weighted by atomic mass is 32.1. The predicted molar refractivity (Wildman–Crippen MR) is 78.4 cm³/mol. The molecule has 2 aromatic heterocycles. The summed E-state index contributed by atoms with van der Waals surface area (Å²) in [4.78, 5) is 5.73. The zero-order chi connectivity index (χ0) is 13.3. The van der Waals surface area contributed by atoms with E-state index in [9.17, 15) is 0 Å². The lowest BCUT2D eigenvalue weighted by Gasteiger charge is -2.26. The van der Waals surface area contributed by atoms with Crippen LogP contribution in [0.15, 0.2) is 5.38 Å². The molecule has 0 bridgehead atoms. The Bertz CT molecular complexity index is 536. The first-order chi connectivity index (χ1) is 8.44. The third kappa shape index (κ3) is 2.59. The number of aromatic nitrogens is 2. The van der Waals surface area contributed by atoms with E-state index in [1.807, 2.05) is 0 Å². The number of fused-ring (bicyclic) bond motifs is 1. The molecule has 0 unspecified atom stereocenters. The van der Waals surface area contributed by atoms with Gasteiger partial charge in [-0.25, -0.2) is 4.98 Å². The molecule has 2 aromatic rings. The maximum atomic E-state index is 4.62. The minimum Gasteiger partial charge on any atom is -0.306 e. The van der Waals surface area contributed by atoms with Crippen LogP contribution in [0.5, 0.6) is 0 Å². The number of nitrogens with one attached hydrogen (secondary N) is 1. The fourth-order valence-corrected chi connectivity index (χ4v) is 3.34. The molecule has 0 saturated carbocycles. The molecule has 2 heterocycles. The first kappa shape index (κ1) is 13.6. The van der Waals surface area contributed by atoms with Crippen molar-refractivity contribution in [1.29, 1.82) is 0 Å². The Morgan fingerprint density at radius 3 is 2.78 bits per heavy atom. The van der Waals surface area contributed by atoms with Crippen molar-refractivity contribution in [3.05, 3.63) is 22.5 Å². The van der Waals surface area contributed by atoms with Gasteiger partial charge in [-0.1, -0.05) is 13.3 Å². The van der Waals surface area contributed by atoms with Crippen LogP contribution in [0, 0.1) is 13.8 Å². The summed E-state index contributed by atoms with van der Waals surface area (Å²) in [5, 5.41) is 5.83. The van der Waals surface area contributed by atoms with Crippen LogP contribution in [0.2, 0.25) is 0 Å². The summed E-state index contributed by atoms with van der Waals surface area (Å²) in [5.41, 5.74) is 3.91. The van der Waals surface area contributed by atoms with Crippen LogP contribution in [-0.4, -0.2) is 14.9 Å². The maximum Gasteiger partial charge on any atom is 0.194 e. The fraction of sp³-hybridized carbons (Fsp3) is 0.643. The van der Waals surface area contributed by atoms with Gasteiger partial charge in [0.15, 0.2) is 4.96 Å².